The summed E-state index contributed by atoms with van der Waals surface area (Å²) in [5, 5.41) is 11.1. The molecule has 100 valence electrons. The Bertz CT molecular complexity index is 797. The van der Waals surface area contributed by atoms with Gasteiger partial charge in [0.05, 0.1) is 16.0 Å². The van der Waals surface area contributed by atoms with Crippen LogP contribution >= 0.6 is 0 Å². The highest BCUT2D eigenvalue weighted by atomic mass is 16.6. The minimum absolute atomic E-state index is 0.118. The molecule has 1 aromatic carbocycles. The van der Waals surface area contributed by atoms with Crippen LogP contribution in [0, 0.1) is 10.1 Å². The molecule has 3 N–H and O–H groups in total. The molecule has 0 radical (unpaired) electrons. The number of hydrogen-bond donors (Lipinski definition) is 2. The van der Waals surface area contributed by atoms with Crippen molar-refractivity contribution in [3.63, 3.8) is 0 Å². The third-order valence-electron chi connectivity index (χ3n) is 2.88. The maximum absolute atomic E-state index is 11.1. The highest BCUT2D eigenvalue weighted by molar-refractivity contribution is 5.78. The Balaban J connectivity index is 2.29. The Kier molecular flexibility index (Phi) is 2.77. The standard InChI is InChI=1S/C12H10N6O2/c13-16-11-6-5-10(18(19)20)12(15-11)17-7-14-8-3-1-2-4-9(8)17/h1-7H,13H2,(H,15,16). The van der Waals surface area contributed by atoms with Crippen molar-refractivity contribution in [2.24, 2.45) is 5.84 Å². The van der Waals surface area contributed by atoms with E-state index < -0.39 is 4.92 Å². The number of aromatic nitrogens is 3. The van der Waals surface area contributed by atoms with Gasteiger partial charge in [0.25, 0.3) is 0 Å². The summed E-state index contributed by atoms with van der Waals surface area (Å²) in [5.41, 5.74) is 3.72. The van der Waals surface area contributed by atoms with E-state index in [1.807, 2.05) is 24.3 Å². The molecule has 0 fully saturated rings. The molecule has 20 heavy (non-hydrogen) atoms. The van der Waals surface area contributed by atoms with Crippen LogP contribution in [-0.2, 0) is 0 Å². The minimum Gasteiger partial charge on any atom is -0.308 e. The van der Waals surface area contributed by atoms with Gasteiger partial charge in [-0.3, -0.25) is 14.7 Å². The van der Waals surface area contributed by atoms with Crippen molar-refractivity contribution in [1.82, 2.24) is 14.5 Å². The molecule has 0 bridgehead atoms. The van der Waals surface area contributed by atoms with E-state index in [0.717, 1.165) is 11.0 Å². The van der Waals surface area contributed by atoms with E-state index >= 15 is 0 Å². The van der Waals surface area contributed by atoms with Crippen molar-refractivity contribution in [2.45, 2.75) is 0 Å². The quantitative estimate of drug-likeness (QED) is 0.425. The average molecular weight is 270 g/mol. The molecule has 0 spiro atoms. The number of nitrogens with one attached hydrogen (secondary N) is 1. The summed E-state index contributed by atoms with van der Waals surface area (Å²) in [6, 6.07) is 10.1. The predicted octanol–water partition coefficient (Wildman–Crippen LogP) is 1.61. The lowest BCUT2D eigenvalue weighted by atomic mass is 10.3. The number of pyridine rings is 1. The summed E-state index contributed by atoms with van der Waals surface area (Å²) in [7, 11) is 0. The summed E-state index contributed by atoms with van der Waals surface area (Å²) in [5.74, 6) is 5.81. The Labute approximate surface area is 113 Å². The Morgan fingerprint density at radius 2 is 2.05 bits per heavy atom. The van der Waals surface area contributed by atoms with Crippen LogP contribution in [-0.4, -0.2) is 19.5 Å². The van der Waals surface area contributed by atoms with Gasteiger partial charge < -0.3 is 5.43 Å². The van der Waals surface area contributed by atoms with Crippen molar-refractivity contribution in [3.05, 3.63) is 52.8 Å². The maximum Gasteiger partial charge on any atom is 0.312 e. The average Bonchev–Trinajstić information content (AvgIpc) is 2.90. The van der Waals surface area contributed by atoms with Crippen molar-refractivity contribution in [3.8, 4) is 5.82 Å². The fourth-order valence-electron chi connectivity index (χ4n) is 1.97. The second-order valence-corrected chi connectivity index (χ2v) is 4.04. The maximum atomic E-state index is 11.1. The zero-order valence-electron chi connectivity index (χ0n) is 10.2. The number of rotatable bonds is 3. The van der Waals surface area contributed by atoms with Crippen molar-refractivity contribution in [2.75, 3.05) is 5.43 Å². The first-order valence-corrected chi connectivity index (χ1v) is 5.75. The molecule has 0 unspecified atom stereocenters. The van der Waals surface area contributed by atoms with Gasteiger partial charge in [-0.2, -0.15) is 0 Å². The number of imidazole rings is 1. The van der Waals surface area contributed by atoms with Crippen LogP contribution in [0.2, 0.25) is 0 Å². The Hall–Kier alpha value is -3.00. The smallest absolute Gasteiger partial charge is 0.308 e. The molecule has 0 saturated heterocycles. The topological polar surface area (TPSA) is 112 Å². The number of para-hydroxylation sites is 2. The first-order chi connectivity index (χ1) is 9.70. The normalized spacial score (nSPS) is 10.7. The van der Waals surface area contributed by atoms with Gasteiger partial charge in [0, 0.05) is 6.07 Å². The summed E-state index contributed by atoms with van der Waals surface area (Å²) < 4.78 is 1.56. The molecule has 0 atom stereocenters. The fraction of sp³-hybridized carbons (Fsp3) is 0. The summed E-state index contributed by atoms with van der Waals surface area (Å²) in [6.07, 6.45) is 1.50. The number of nitrogens with zero attached hydrogens (tertiary/aromatic N) is 4. The van der Waals surface area contributed by atoms with Crippen LogP contribution in [0.5, 0.6) is 0 Å². The van der Waals surface area contributed by atoms with E-state index in [0.29, 0.717) is 5.82 Å². The van der Waals surface area contributed by atoms with Crippen LogP contribution in [0.3, 0.4) is 0 Å². The van der Waals surface area contributed by atoms with Crippen LogP contribution in [0.4, 0.5) is 11.5 Å². The van der Waals surface area contributed by atoms with Gasteiger partial charge in [0.2, 0.25) is 5.82 Å². The number of nitro groups is 1. The summed E-state index contributed by atoms with van der Waals surface area (Å²) in [4.78, 5) is 19.0. The van der Waals surface area contributed by atoms with Crippen LogP contribution in [0.15, 0.2) is 42.7 Å². The molecule has 2 aromatic heterocycles. The monoisotopic (exact) mass is 270 g/mol. The molecule has 3 rings (SSSR count). The second kappa shape index (κ2) is 4.59. The molecular formula is C12H10N6O2. The molecule has 0 aliphatic carbocycles. The minimum atomic E-state index is -0.489. The van der Waals surface area contributed by atoms with E-state index in [4.69, 9.17) is 5.84 Å². The SMILES string of the molecule is NNc1ccc([N+](=O)[O-])c(-n2cnc3ccccc32)n1. The molecule has 8 nitrogen and oxygen atoms in total. The van der Waals surface area contributed by atoms with Gasteiger partial charge in [0.15, 0.2) is 0 Å². The highest BCUT2D eigenvalue weighted by Gasteiger charge is 2.19. The number of fused-ring (bicyclic) bond motifs is 1. The lowest BCUT2D eigenvalue weighted by Gasteiger charge is -2.06. The van der Waals surface area contributed by atoms with Gasteiger partial charge in [-0.05, 0) is 18.2 Å². The van der Waals surface area contributed by atoms with Crippen LogP contribution in [0.1, 0.15) is 0 Å². The molecule has 8 heteroatoms. The molecule has 3 aromatic rings. The van der Waals surface area contributed by atoms with E-state index in [1.54, 1.807) is 4.57 Å². The lowest BCUT2D eigenvalue weighted by molar-refractivity contribution is -0.384. The first kappa shape index (κ1) is 12.1. The van der Waals surface area contributed by atoms with Gasteiger partial charge in [-0.25, -0.2) is 15.8 Å². The van der Waals surface area contributed by atoms with E-state index in [1.165, 1.54) is 18.5 Å². The molecule has 0 aliphatic rings. The van der Waals surface area contributed by atoms with Gasteiger partial charge in [0.1, 0.15) is 12.1 Å². The molecular weight excluding hydrogens is 260 g/mol. The molecule has 0 amide bonds. The van der Waals surface area contributed by atoms with Crippen molar-refractivity contribution >= 4 is 22.5 Å². The van der Waals surface area contributed by atoms with Gasteiger partial charge in [-0.1, -0.05) is 12.1 Å². The molecule has 2 heterocycles. The fourth-order valence-corrected chi connectivity index (χ4v) is 1.97. The van der Waals surface area contributed by atoms with E-state index in [9.17, 15) is 10.1 Å². The zero-order valence-corrected chi connectivity index (χ0v) is 10.2. The predicted molar refractivity (Wildman–Crippen MR) is 73.3 cm³/mol. The largest absolute Gasteiger partial charge is 0.312 e. The number of benzene rings is 1. The summed E-state index contributed by atoms with van der Waals surface area (Å²) >= 11 is 0. The molecule has 0 aliphatic heterocycles. The highest BCUT2D eigenvalue weighted by Crippen LogP contribution is 2.25. The van der Waals surface area contributed by atoms with Gasteiger partial charge in [-0.15, -0.1) is 0 Å². The van der Waals surface area contributed by atoms with Crippen molar-refractivity contribution in [1.29, 1.82) is 0 Å². The zero-order chi connectivity index (χ0) is 14.1. The molecule has 0 saturated carbocycles. The Morgan fingerprint density at radius 3 is 2.80 bits per heavy atom. The Morgan fingerprint density at radius 1 is 1.25 bits per heavy atom. The second-order valence-electron chi connectivity index (χ2n) is 4.04. The van der Waals surface area contributed by atoms with E-state index in [2.05, 4.69) is 15.4 Å². The third kappa shape index (κ3) is 1.84. The van der Waals surface area contributed by atoms with Crippen LogP contribution in [0.25, 0.3) is 16.9 Å². The summed E-state index contributed by atoms with van der Waals surface area (Å²) in [6.45, 7) is 0. The van der Waals surface area contributed by atoms with E-state index in [-0.39, 0.29) is 11.5 Å². The third-order valence-corrected chi connectivity index (χ3v) is 2.88. The number of anilines is 1. The van der Waals surface area contributed by atoms with Crippen molar-refractivity contribution < 1.29 is 4.92 Å². The number of nitrogen functional groups attached to an aromatic ring is 1. The number of hydrazine groups is 1. The number of nitrogens with two attached hydrogens (primary N) is 1. The number of hydrogen-bond acceptors (Lipinski definition) is 6. The van der Waals surface area contributed by atoms with Crippen LogP contribution < -0.4 is 11.3 Å². The first-order valence-electron chi connectivity index (χ1n) is 5.75. The van der Waals surface area contributed by atoms with Gasteiger partial charge >= 0.3 is 5.69 Å². The lowest BCUT2D eigenvalue weighted by Crippen LogP contribution is -2.11.